The Morgan fingerprint density at radius 1 is 1.17 bits per heavy atom. The number of nitrogens with one attached hydrogen (secondary N) is 2. The standard InChI is InChI=1S/C11H9N3O3S/c15-9(13-7-4-2-1-3-5-7)8-6-12-10(18-8)14-11(16)17/h1-6H,(H,12,14)(H,13,15)(H,16,17). The van der Waals surface area contributed by atoms with Crippen LogP contribution in [0, 0.1) is 0 Å². The molecule has 1 aromatic carbocycles. The number of amides is 2. The summed E-state index contributed by atoms with van der Waals surface area (Å²) < 4.78 is 0. The van der Waals surface area contributed by atoms with Crippen molar-refractivity contribution in [3.05, 3.63) is 41.4 Å². The van der Waals surface area contributed by atoms with Crippen molar-refractivity contribution in [2.75, 3.05) is 10.6 Å². The van der Waals surface area contributed by atoms with Crippen molar-refractivity contribution in [3.8, 4) is 0 Å². The molecule has 0 atom stereocenters. The number of anilines is 2. The molecule has 2 amide bonds. The van der Waals surface area contributed by atoms with E-state index in [2.05, 4.69) is 15.6 Å². The Morgan fingerprint density at radius 2 is 1.89 bits per heavy atom. The first-order chi connectivity index (χ1) is 8.65. The highest BCUT2D eigenvalue weighted by molar-refractivity contribution is 7.17. The van der Waals surface area contributed by atoms with Gasteiger partial charge in [-0.3, -0.25) is 10.1 Å². The van der Waals surface area contributed by atoms with Gasteiger partial charge in [0.25, 0.3) is 5.91 Å². The second-order valence-electron chi connectivity index (χ2n) is 3.28. The highest BCUT2D eigenvalue weighted by Gasteiger charge is 2.11. The molecule has 1 aromatic heterocycles. The molecular weight excluding hydrogens is 254 g/mol. The Kier molecular flexibility index (Phi) is 3.54. The van der Waals surface area contributed by atoms with Gasteiger partial charge in [-0.1, -0.05) is 29.5 Å². The number of benzene rings is 1. The maximum Gasteiger partial charge on any atom is 0.410 e. The van der Waals surface area contributed by atoms with Crippen molar-refractivity contribution in [1.82, 2.24) is 4.98 Å². The molecule has 2 aromatic rings. The van der Waals surface area contributed by atoms with E-state index < -0.39 is 6.09 Å². The lowest BCUT2D eigenvalue weighted by Gasteiger charge is -2.01. The Morgan fingerprint density at radius 3 is 2.56 bits per heavy atom. The highest BCUT2D eigenvalue weighted by Crippen LogP contribution is 2.19. The average Bonchev–Trinajstić information content (AvgIpc) is 2.78. The van der Waals surface area contributed by atoms with E-state index in [1.807, 2.05) is 6.07 Å². The van der Waals surface area contributed by atoms with Gasteiger partial charge >= 0.3 is 6.09 Å². The van der Waals surface area contributed by atoms with Crippen LogP contribution in [0.4, 0.5) is 15.6 Å². The number of carbonyl (C=O) groups excluding carboxylic acids is 1. The molecule has 7 heteroatoms. The molecule has 0 aliphatic carbocycles. The maximum atomic E-state index is 11.8. The summed E-state index contributed by atoms with van der Waals surface area (Å²) in [6, 6.07) is 8.97. The maximum absolute atomic E-state index is 11.8. The zero-order chi connectivity index (χ0) is 13.0. The predicted octanol–water partition coefficient (Wildman–Crippen LogP) is 2.49. The van der Waals surface area contributed by atoms with Crippen LogP contribution >= 0.6 is 11.3 Å². The van der Waals surface area contributed by atoms with Gasteiger partial charge in [-0.05, 0) is 12.1 Å². The van der Waals surface area contributed by atoms with Crippen molar-refractivity contribution < 1.29 is 14.7 Å². The summed E-state index contributed by atoms with van der Waals surface area (Å²) in [7, 11) is 0. The quantitative estimate of drug-likeness (QED) is 0.793. The monoisotopic (exact) mass is 263 g/mol. The molecule has 18 heavy (non-hydrogen) atoms. The molecule has 0 saturated carbocycles. The third kappa shape index (κ3) is 3.05. The summed E-state index contributed by atoms with van der Waals surface area (Å²) >= 11 is 0.973. The third-order valence-corrected chi connectivity index (χ3v) is 2.89. The molecule has 0 unspecified atom stereocenters. The van der Waals surface area contributed by atoms with Gasteiger partial charge in [0.15, 0.2) is 5.13 Å². The number of para-hydroxylation sites is 1. The number of nitrogens with zero attached hydrogens (tertiary/aromatic N) is 1. The van der Waals surface area contributed by atoms with Crippen molar-refractivity contribution in [2.24, 2.45) is 0 Å². The highest BCUT2D eigenvalue weighted by atomic mass is 32.1. The van der Waals surface area contributed by atoms with Gasteiger partial charge in [-0.15, -0.1) is 0 Å². The van der Waals surface area contributed by atoms with E-state index in [4.69, 9.17) is 5.11 Å². The molecule has 0 fully saturated rings. The van der Waals surface area contributed by atoms with Crippen LogP contribution in [-0.2, 0) is 0 Å². The molecule has 0 bridgehead atoms. The zero-order valence-corrected chi connectivity index (χ0v) is 9.90. The van der Waals surface area contributed by atoms with Gasteiger partial charge in [0.2, 0.25) is 0 Å². The molecule has 1 heterocycles. The van der Waals surface area contributed by atoms with E-state index >= 15 is 0 Å². The van der Waals surface area contributed by atoms with Crippen LogP contribution in [0.1, 0.15) is 9.67 Å². The SMILES string of the molecule is O=C(O)Nc1ncc(C(=O)Nc2ccccc2)s1. The van der Waals surface area contributed by atoms with Crippen molar-refractivity contribution >= 4 is 34.2 Å². The normalized spacial score (nSPS) is 9.78. The summed E-state index contributed by atoms with van der Waals surface area (Å²) in [5.74, 6) is -0.322. The zero-order valence-electron chi connectivity index (χ0n) is 9.08. The van der Waals surface area contributed by atoms with E-state index in [-0.39, 0.29) is 11.0 Å². The van der Waals surface area contributed by atoms with E-state index in [0.717, 1.165) is 11.3 Å². The van der Waals surface area contributed by atoms with E-state index in [1.54, 1.807) is 24.3 Å². The molecule has 6 nitrogen and oxygen atoms in total. The smallest absolute Gasteiger partial charge is 0.410 e. The van der Waals surface area contributed by atoms with Gasteiger partial charge in [-0.25, -0.2) is 9.78 Å². The Balaban J connectivity index is 2.05. The minimum absolute atomic E-state index is 0.167. The minimum atomic E-state index is -1.21. The van der Waals surface area contributed by atoms with Crippen LogP contribution in [0.3, 0.4) is 0 Å². The third-order valence-electron chi connectivity index (χ3n) is 1.98. The predicted molar refractivity (Wildman–Crippen MR) is 68.2 cm³/mol. The van der Waals surface area contributed by atoms with Gasteiger partial charge in [0, 0.05) is 5.69 Å². The molecule has 0 saturated heterocycles. The number of carbonyl (C=O) groups is 2. The van der Waals surface area contributed by atoms with E-state index in [1.165, 1.54) is 6.20 Å². The lowest BCUT2D eigenvalue weighted by Crippen LogP contribution is -2.09. The van der Waals surface area contributed by atoms with Gasteiger partial charge in [0.1, 0.15) is 4.88 Å². The molecule has 0 spiro atoms. The Labute approximate surface area is 106 Å². The molecule has 3 N–H and O–H groups in total. The summed E-state index contributed by atoms with van der Waals surface area (Å²) in [5, 5.41) is 13.4. The van der Waals surface area contributed by atoms with Crippen LogP contribution in [0.25, 0.3) is 0 Å². The lowest BCUT2D eigenvalue weighted by molar-refractivity contribution is 0.103. The largest absolute Gasteiger partial charge is 0.465 e. The Hall–Kier alpha value is -2.41. The van der Waals surface area contributed by atoms with Gasteiger partial charge in [0.05, 0.1) is 6.20 Å². The number of thiazole rings is 1. The first-order valence-corrected chi connectivity index (χ1v) is 5.79. The number of rotatable bonds is 3. The van der Waals surface area contributed by atoms with Crippen molar-refractivity contribution in [3.63, 3.8) is 0 Å². The second-order valence-corrected chi connectivity index (χ2v) is 4.31. The first-order valence-electron chi connectivity index (χ1n) is 4.97. The summed E-state index contributed by atoms with van der Waals surface area (Å²) in [6.45, 7) is 0. The lowest BCUT2D eigenvalue weighted by atomic mass is 10.3. The Bertz CT molecular complexity index is 568. The number of aromatic nitrogens is 1. The van der Waals surface area contributed by atoms with Crippen LogP contribution in [0.15, 0.2) is 36.5 Å². The van der Waals surface area contributed by atoms with Gasteiger partial charge < -0.3 is 10.4 Å². The summed E-state index contributed by atoms with van der Waals surface area (Å²) in [6.07, 6.45) is 0.119. The molecule has 92 valence electrons. The fourth-order valence-corrected chi connectivity index (χ4v) is 1.94. The van der Waals surface area contributed by atoms with Crippen molar-refractivity contribution in [2.45, 2.75) is 0 Å². The first kappa shape index (κ1) is 12.1. The van der Waals surface area contributed by atoms with Crippen LogP contribution in [0.5, 0.6) is 0 Å². The summed E-state index contributed by atoms with van der Waals surface area (Å²) in [5.41, 5.74) is 0.670. The topological polar surface area (TPSA) is 91.3 Å². The fraction of sp³-hybridized carbons (Fsp3) is 0. The average molecular weight is 263 g/mol. The number of hydrogen-bond acceptors (Lipinski definition) is 4. The number of carboxylic acid groups (broad SMARTS) is 1. The molecule has 2 rings (SSSR count). The van der Waals surface area contributed by atoms with E-state index in [0.29, 0.717) is 10.6 Å². The molecule has 0 aliphatic heterocycles. The van der Waals surface area contributed by atoms with Gasteiger partial charge in [-0.2, -0.15) is 0 Å². The summed E-state index contributed by atoms with van der Waals surface area (Å²) in [4.78, 5) is 26.3. The molecule has 0 radical (unpaired) electrons. The molecule has 0 aliphatic rings. The fourth-order valence-electron chi connectivity index (χ4n) is 1.24. The number of hydrogen-bond donors (Lipinski definition) is 3. The van der Waals surface area contributed by atoms with Crippen LogP contribution in [0.2, 0.25) is 0 Å². The molecular formula is C11H9N3O3S. The second kappa shape index (κ2) is 5.28. The van der Waals surface area contributed by atoms with Crippen LogP contribution in [-0.4, -0.2) is 22.1 Å². The van der Waals surface area contributed by atoms with E-state index in [9.17, 15) is 9.59 Å². The minimum Gasteiger partial charge on any atom is -0.465 e. The van der Waals surface area contributed by atoms with Crippen molar-refractivity contribution in [1.29, 1.82) is 0 Å². The van der Waals surface area contributed by atoms with Crippen LogP contribution < -0.4 is 10.6 Å².